The summed E-state index contributed by atoms with van der Waals surface area (Å²) >= 11 is 0. The number of ether oxygens (including phenoxy) is 1. The van der Waals surface area contributed by atoms with Gasteiger partial charge < -0.3 is 20.3 Å². The number of methoxy groups -OCH3 is 1. The van der Waals surface area contributed by atoms with Crippen LogP contribution >= 0.6 is 0 Å². The summed E-state index contributed by atoms with van der Waals surface area (Å²) in [5.41, 5.74) is 2.01. The van der Waals surface area contributed by atoms with Crippen molar-refractivity contribution in [3.05, 3.63) is 29.8 Å². The number of hydrogen-bond acceptors (Lipinski definition) is 4. The van der Waals surface area contributed by atoms with Crippen molar-refractivity contribution in [2.75, 3.05) is 45.7 Å². The first kappa shape index (κ1) is 19.6. The monoisotopic (exact) mass is 321 g/mol. The summed E-state index contributed by atoms with van der Waals surface area (Å²) in [4.78, 5) is 14.3. The van der Waals surface area contributed by atoms with E-state index in [2.05, 4.69) is 22.6 Å². The third-order valence-corrected chi connectivity index (χ3v) is 3.67. The Bertz CT molecular complexity index is 465. The van der Waals surface area contributed by atoms with E-state index in [1.54, 1.807) is 7.11 Å². The second-order valence-electron chi connectivity index (χ2n) is 6.13. The van der Waals surface area contributed by atoms with Gasteiger partial charge in [-0.15, -0.1) is 0 Å². The van der Waals surface area contributed by atoms with Crippen LogP contribution in [-0.2, 0) is 9.53 Å². The van der Waals surface area contributed by atoms with Gasteiger partial charge in [0.25, 0.3) is 0 Å². The zero-order valence-corrected chi connectivity index (χ0v) is 14.9. The number of nitrogens with one attached hydrogen (secondary N) is 2. The van der Waals surface area contributed by atoms with Gasteiger partial charge in [0.2, 0.25) is 5.91 Å². The van der Waals surface area contributed by atoms with Crippen molar-refractivity contribution in [3.8, 4) is 0 Å². The van der Waals surface area contributed by atoms with Gasteiger partial charge in [0, 0.05) is 51.5 Å². The Hall–Kier alpha value is -1.43. The SMILES string of the molecule is COCCCN(C)CCNC(C)CC(=O)Nc1cccc(C)c1. The summed E-state index contributed by atoms with van der Waals surface area (Å²) in [5, 5.41) is 6.34. The van der Waals surface area contributed by atoms with Crippen LogP contribution < -0.4 is 10.6 Å². The van der Waals surface area contributed by atoms with Crippen LogP contribution in [0.3, 0.4) is 0 Å². The molecule has 0 heterocycles. The van der Waals surface area contributed by atoms with Gasteiger partial charge in [-0.2, -0.15) is 0 Å². The number of amides is 1. The van der Waals surface area contributed by atoms with Crippen LogP contribution in [-0.4, -0.2) is 57.2 Å². The number of hydrogen-bond donors (Lipinski definition) is 2. The molecule has 5 nitrogen and oxygen atoms in total. The molecule has 1 rings (SSSR count). The Kier molecular flexibility index (Phi) is 9.52. The van der Waals surface area contributed by atoms with Crippen LogP contribution in [0.25, 0.3) is 0 Å². The first-order chi connectivity index (χ1) is 11.0. The van der Waals surface area contributed by atoms with E-state index < -0.39 is 0 Å². The third kappa shape index (κ3) is 9.33. The van der Waals surface area contributed by atoms with Crippen LogP contribution in [0.5, 0.6) is 0 Å². The van der Waals surface area contributed by atoms with E-state index in [0.717, 1.165) is 43.9 Å². The summed E-state index contributed by atoms with van der Waals surface area (Å²) in [6, 6.07) is 8.02. The summed E-state index contributed by atoms with van der Waals surface area (Å²) in [7, 11) is 3.83. The standard InChI is InChI=1S/C18H31N3O2/c1-15-7-5-8-17(13-15)20-18(22)14-16(2)19-9-11-21(3)10-6-12-23-4/h5,7-8,13,16,19H,6,9-12,14H2,1-4H3,(H,20,22). The molecule has 0 saturated heterocycles. The molecular weight excluding hydrogens is 290 g/mol. The highest BCUT2D eigenvalue weighted by Gasteiger charge is 2.09. The number of likely N-dealkylation sites (N-methyl/N-ethyl adjacent to an activating group) is 1. The molecule has 0 aliphatic heterocycles. The largest absolute Gasteiger partial charge is 0.385 e. The molecule has 1 unspecified atom stereocenters. The smallest absolute Gasteiger partial charge is 0.225 e. The molecule has 1 amide bonds. The van der Waals surface area contributed by atoms with Crippen molar-refractivity contribution in [2.45, 2.75) is 32.7 Å². The maximum absolute atomic E-state index is 12.0. The lowest BCUT2D eigenvalue weighted by Crippen LogP contribution is -2.36. The summed E-state index contributed by atoms with van der Waals surface area (Å²) < 4.78 is 5.05. The minimum atomic E-state index is 0.0454. The number of nitrogens with zero attached hydrogens (tertiary/aromatic N) is 1. The molecule has 2 N–H and O–H groups in total. The Labute approximate surface area is 140 Å². The molecular formula is C18H31N3O2. The highest BCUT2D eigenvalue weighted by atomic mass is 16.5. The Balaban J connectivity index is 2.17. The van der Waals surface area contributed by atoms with Crippen molar-refractivity contribution in [1.29, 1.82) is 0 Å². The molecule has 0 saturated carbocycles. The van der Waals surface area contributed by atoms with Crippen molar-refractivity contribution in [3.63, 3.8) is 0 Å². The maximum Gasteiger partial charge on any atom is 0.225 e. The van der Waals surface area contributed by atoms with Crippen LogP contribution in [0.4, 0.5) is 5.69 Å². The third-order valence-electron chi connectivity index (χ3n) is 3.67. The van der Waals surface area contributed by atoms with E-state index in [1.807, 2.05) is 38.1 Å². The summed E-state index contributed by atoms with van der Waals surface area (Å²) in [6.07, 6.45) is 1.52. The number of carbonyl (C=O) groups excluding carboxylic acids is 1. The molecule has 0 aliphatic rings. The fraction of sp³-hybridized carbons (Fsp3) is 0.611. The van der Waals surface area contributed by atoms with Crippen LogP contribution in [0, 0.1) is 6.92 Å². The molecule has 0 aromatic heterocycles. The Morgan fingerprint density at radius 3 is 2.83 bits per heavy atom. The van der Waals surface area contributed by atoms with Gasteiger partial charge in [0.1, 0.15) is 0 Å². The minimum absolute atomic E-state index is 0.0454. The number of aryl methyl sites for hydroxylation is 1. The van der Waals surface area contributed by atoms with E-state index in [9.17, 15) is 4.79 Å². The quantitative estimate of drug-likeness (QED) is 0.614. The molecule has 130 valence electrons. The fourth-order valence-corrected chi connectivity index (χ4v) is 2.38. The predicted octanol–water partition coefficient (Wildman–Crippen LogP) is 2.27. The van der Waals surface area contributed by atoms with E-state index in [0.29, 0.717) is 6.42 Å². The number of rotatable bonds is 11. The first-order valence-corrected chi connectivity index (χ1v) is 8.28. The number of benzene rings is 1. The number of anilines is 1. The van der Waals surface area contributed by atoms with Gasteiger partial charge >= 0.3 is 0 Å². The average molecular weight is 321 g/mol. The highest BCUT2D eigenvalue weighted by Crippen LogP contribution is 2.10. The second kappa shape index (κ2) is 11.2. The summed E-state index contributed by atoms with van der Waals surface area (Å²) in [5.74, 6) is 0.0454. The second-order valence-corrected chi connectivity index (χ2v) is 6.13. The maximum atomic E-state index is 12.0. The van der Waals surface area contributed by atoms with E-state index in [4.69, 9.17) is 4.74 Å². The minimum Gasteiger partial charge on any atom is -0.385 e. The van der Waals surface area contributed by atoms with Crippen molar-refractivity contribution in [1.82, 2.24) is 10.2 Å². The molecule has 23 heavy (non-hydrogen) atoms. The van der Waals surface area contributed by atoms with Crippen LogP contribution in [0.1, 0.15) is 25.3 Å². The first-order valence-electron chi connectivity index (χ1n) is 8.28. The van der Waals surface area contributed by atoms with Crippen molar-refractivity contribution in [2.24, 2.45) is 0 Å². The molecule has 0 fully saturated rings. The average Bonchev–Trinajstić information content (AvgIpc) is 2.47. The van der Waals surface area contributed by atoms with Gasteiger partial charge in [-0.05, 0) is 45.0 Å². The van der Waals surface area contributed by atoms with Crippen molar-refractivity contribution < 1.29 is 9.53 Å². The molecule has 1 atom stereocenters. The molecule has 0 aliphatic carbocycles. The van der Waals surface area contributed by atoms with Crippen LogP contribution in [0.15, 0.2) is 24.3 Å². The zero-order valence-electron chi connectivity index (χ0n) is 14.9. The van der Waals surface area contributed by atoms with E-state index >= 15 is 0 Å². The zero-order chi connectivity index (χ0) is 17.1. The molecule has 0 spiro atoms. The lowest BCUT2D eigenvalue weighted by molar-refractivity contribution is -0.116. The molecule has 0 bridgehead atoms. The number of carbonyl (C=O) groups is 1. The van der Waals surface area contributed by atoms with Gasteiger partial charge in [0.05, 0.1) is 0 Å². The van der Waals surface area contributed by atoms with E-state index in [1.165, 1.54) is 0 Å². The van der Waals surface area contributed by atoms with Gasteiger partial charge in [-0.1, -0.05) is 12.1 Å². The topological polar surface area (TPSA) is 53.6 Å². The molecule has 5 heteroatoms. The normalized spacial score (nSPS) is 12.4. The Morgan fingerprint density at radius 2 is 2.13 bits per heavy atom. The van der Waals surface area contributed by atoms with Crippen molar-refractivity contribution >= 4 is 11.6 Å². The summed E-state index contributed by atoms with van der Waals surface area (Å²) in [6.45, 7) is 7.73. The predicted molar refractivity (Wildman–Crippen MR) is 95.9 cm³/mol. The van der Waals surface area contributed by atoms with E-state index in [-0.39, 0.29) is 11.9 Å². The molecule has 0 radical (unpaired) electrons. The van der Waals surface area contributed by atoms with Crippen LogP contribution in [0.2, 0.25) is 0 Å². The molecule has 1 aromatic rings. The molecule has 1 aromatic carbocycles. The lowest BCUT2D eigenvalue weighted by Gasteiger charge is -2.19. The van der Waals surface area contributed by atoms with Gasteiger partial charge in [-0.25, -0.2) is 0 Å². The van der Waals surface area contributed by atoms with Gasteiger partial charge in [-0.3, -0.25) is 4.79 Å². The Morgan fingerprint density at radius 1 is 1.35 bits per heavy atom. The fourth-order valence-electron chi connectivity index (χ4n) is 2.38. The lowest BCUT2D eigenvalue weighted by atomic mass is 10.2. The highest BCUT2D eigenvalue weighted by molar-refractivity contribution is 5.91. The van der Waals surface area contributed by atoms with Gasteiger partial charge in [0.15, 0.2) is 0 Å².